The highest BCUT2D eigenvalue weighted by molar-refractivity contribution is 5.52. The smallest absolute Gasteiger partial charge is 0.0912 e. The van der Waals surface area contributed by atoms with E-state index in [0.717, 1.165) is 18.7 Å². The number of nitrogens with one attached hydrogen (secondary N) is 1. The zero-order chi connectivity index (χ0) is 10.2. The van der Waals surface area contributed by atoms with Gasteiger partial charge in [0.15, 0.2) is 0 Å². The molecule has 1 aromatic carbocycles. The van der Waals surface area contributed by atoms with Gasteiger partial charge in [0.1, 0.15) is 0 Å². The number of nitrogens with zero attached hydrogens (tertiary/aromatic N) is 1. The zero-order valence-corrected chi connectivity index (χ0v) is 8.33. The molecule has 0 aliphatic rings. The molecule has 14 heavy (non-hydrogen) atoms. The van der Waals surface area contributed by atoms with E-state index in [1.54, 1.807) is 0 Å². The van der Waals surface area contributed by atoms with Crippen molar-refractivity contribution in [1.82, 2.24) is 5.32 Å². The first-order valence-corrected chi connectivity index (χ1v) is 4.72. The molecule has 0 fully saturated rings. The monoisotopic (exact) mass is 186 g/mol. The van der Waals surface area contributed by atoms with E-state index in [9.17, 15) is 0 Å². The van der Waals surface area contributed by atoms with Crippen molar-refractivity contribution in [3.8, 4) is 6.07 Å². The lowest BCUT2D eigenvalue weighted by molar-refractivity contribution is 0.727. The summed E-state index contributed by atoms with van der Waals surface area (Å²) in [5.74, 6) is 0. The van der Waals surface area contributed by atoms with Crippen LogP contribution in [-0.4, -0.2) is 6.54 Å². The predicted molar refractivity (Wildman–Crippen MR) is 58.5 cm³/mol. The molecular weight excluding hydrogens is 172 g/mol. The molecule has 0 spiro atoms. The molecule has 72 valence electrons. The maximum absolute atomic E-state index is 8.39. The third kappa shape index (κ3) is 3.42. The Labute approximate surface area is 84.9 Å². The molecule has 0 heterocycles. The molecule has 0 atom stereocenters. The van der Waals surface area contributed by atoms with Crippen LogP contribution in [0.15, 0.2) is 30.3 Å². The summed E-state index contributed by atoms with van der Waals surface area (Å²) in [5, 5.41) is 11.6. The molecule has 1 aromatic rings. The molecule has 0 aliphatic carbocycles. The summed E-state index contributed by atoms with van der Waals surface area (Å²) >= 11 is 0. The minimum absolute atomic E-state index is 0.880. The molecule has 1 rings (SSSR count). The maximum Gasteiger partial charge on any atom is 0.0912 e. The first-order chi connectivity index (χ1) is 6.86. The highest BCUT2D eigenvalue weighted by Crippen LogP contribution is 2.06. The molecule has 0 amide bonds. The van der Waals surface area contributed by atoms with E-state index in [0.29, 0.717) is 0 Å². The molecule has 2 heteroatoms. The number of hydrogen-bond acceptors (Lipinski definition) is 2. The summed E-state index contributed by atoms with van der Waals surface area (Å²) < 4.78 is 0. The van der Waals surface area contributed by atoms with Gasteiger partial charge in [-0.3, -0.25) is 0 Å². The number of allylic oxidation sites excluding steroid dienone is 1. The highest BCUT2D eigenvalue weighted by Gasteiger charge is 1.91. The molecule has 0 unspecified atom stereocenters. The minimum atomic E-state index is 0.880. The van der Waals surface area contributed by atoms with E-state index in [2.05, 4.69) is 24.4 Å². The third-order valence-corrected chi connectivity index (χ3v) is 1.88. The van der Waals surface area contributed by atoms with Gasteiger partial charge in [0, 0.05) is 12.6 Å². The lowest BCUT2D eigenvalue weighted by Gasteiger charge is -2.02. The average Bonchev–Trinajstić information content (AvgIpc) is 2.24. The molecule has 0 saturated carbocycles. The van der Waals surface area contributed by atoms with Crippen LogP contribution in [-0.2, 0) is 6.54 Å². The van der Waals surface area contributed by atoms with Gasteiger partial charge >= 0.3 is 0 Å². The van der Waals surface area contributed by atoms with Crippen LogP contribution in [0.1, 0.15) is 18.1 Å². The molecule has 0 radical (unpaired) electrons. The second-order valence-electron chi connectivity index (χ2n) is 2.99. The zero-order valence-electron chi connectivity index (χ0n) is 8.33. The number of nitriles is 1. The van der Waals surface area contributed by atoms with E-state index in [-0.39, 0.29) is 0 Å². The van der Waals surface area contributed by atoms with Gasteiger partial charge in [0.25, 0.3) is 0 Å². The van der Waals surface area contributed by atoms with Crippen molar-refractivity contribution < 1.29 is 0 Å². The fourth-order valence-corrected chi connectivity index (χ4v) is 1.21. The highest BCUT2D eigenvalue weighted by atomic mass is 14.8. The summed E-state index contributed by atoms with van der Waals surface area (Å²) in [6.07, 6.45) is 3.31. The van der Waals surface area contributed by atoms with Crippen LogP contribution in [0.4, 0.5) is 0 Å². The third-order valence-electron chi connectivity index (χ3n) is 1.88. The normalized spacial score (nSPS) is 10.3. The van der Waals surface area contributed by atoms with Gasteiger partial charge in [0.05, 0.1) is 6.07 Å². The SMILES string of the molecule is CCNCc1cccc(C=CC#N)c1. The summed E-state index contributed by atoms with van der Waals surface area (Å²) in [7, 11) is 0. The van der Waals surface area contributed by atoms with Gasteiger partial charge in [-0.05, 0) is 23.7 Å². The Kier molecular flexibility index (Phi) is 4.46. The molecular formula is C12H14N2. The fraction of sp³-hybridized carbons (Fsp3) is 0.250. The largest absolute Gasteiger partial charge is 0.313 e. The summed E-state index contributed by atoms with van der Waals surface area (Å²) in [6, 6.07) is 10.1. The van der Waals surface area contributed by atoms with Crippen molar-refractivity contribution in [2.45, 2.75) is 13.5 Å². The Morgan fingerprint density at radius 3 is 3.07 bits per heavy atom. The number of rotatable bonds is 4. The van der Waals surface area contributed by atoms with Crippen LogP contribution in [0.25, 0.3) is 6.08 Å². The Morgan fingerprint density at radius 1 is 1.50 bits per heavy atom. The van der Waals surface area contributed by atoms with Crippen LogP contribution < -0.4 is 5.32 Å². The van der Waals surface area contributed by atoms with Crippen molar-refractivity contribution >= 4 is 6.08 Å². The Balaban J connectivity index is 2.69. The fourth-order valence-electron chi connectivity index (χ4n) is 1.21. The number of hydrogen-bond donors (Lipinski definition) is 1. The minimum Gasteiger partial charge on any atom is -0.313 e. The van der Waals surface area contributed by atoms with Crippen molar-refractivity contribution in [3.05, 3.63) is 41.5 Å². The quantitative estimate of drug-likeness (QED) is 0.732. The van der Waals surface area contributed by atoms with Crippen molar-refractivity contribution in [3.63, 3.8) is 0 Å². The van der Waals surface area contributed by atoms with E-state index in [1.807, 2.05) is 24.3 Å². The Bertz CT molecular complexity index is 348. The predicted octanol–water partition coefficient (Wildman–Crippen LogP) is 2.33. The lowest BCUT2D eigenvalue weighted by atomic mass is 10.1. The topological polar surface area (TPSA) is 35.8 Å². The van der Waals surface area contributed by atoms with Crippen LogP contribution in [0, 0.1) is 11.3 Å². The van der Waals surface area contributed by atoms with E-state index < -0.39 is 0 Å². The standard InChI is InChI=1S/C12H14N2/c1-2-14-10-12-6-3-5-11(9-12)7-4-8-13/h3-7,9,14H,2,10H2,1H3. The van der Waals surface area contributed by atoms with E-state index in [1.165, 1.54) is 11.6 Å². The van der Waals surface area contributed by atoms with E-state index >= 15 is 0 Å². The van der Waals surface area contributed by atoms with Gasteiger partial charge in [0.2, 0.25) is 0 Å². The van der Waals surface area contributed by atoms with Crippen molar-refractivity contribution in [2.75, 3.05) is 6.54 Å². The van der Waals surface area contributed by atoms with Crippen LogP contribution in [0.3, 0.4) is 0 Å². The van der Waals surface area contributed by atoms with Gasteiger partial charge in [-0.1, -0.05) is 31.2 Å². The summed E-state index contributed by atoms with van der Waals surface area (Å²) in [5.41, 5.74) is 2.31. The Morgan fingerprint density at radius 2 is 2.36 bits per heavy atom. The lowest BCUT2D eigenvalue weighted by Crippen LogP contribution is -2.11. The average molecular weight is 186 g/mol. The van der Waals surface area contributed by atoms with Gasteiger partial charge in [-0.25, -0.2) is 0 Å². The van der Waals surface area contributed by atoms with E-state index in [4.69, 9.17) is 5.26 Å². The second kappa shape index (κ2) is 5.95. The summed E-state index contributed by atoms with van der Waals surface area (Å²) in [6.45, 7) is 3.93. The van der Waals surface area contributed by atoms with Crippen LogP contribution in [0.2, 0.25) is 0 Å². The first-order valence-electron chi connectivity index (χ1n) is 4.72. The molecule has 0 saturated heterocycles. The first kappa shape index (κ1) is 10.5. The summed E-state index contributed by atoms with van der Waals surface area (Å²) in [4.78, 5) is 0. The van der Waals surface area contributed by atoms with Crippen molar-refractivity contribution in [1.29, 1.82) is 5.26 Å². The Hall–Kier alpha value is -1.59. The van der Waals surface area contributed by atoms with Gasteiger partial charge in [-0.15, -0.1) is 0 Å². The maximum atomic E-state index is 8.39. The van der Waals surface area contributed by atoms with Gasteiger partial charge in [-0.2, -0.15) is 5.26 Å². The van der Waals surface area contributed by atoms with Crippen LogP contribution >= 0.6 is 0 Å². The van der Waals surface area contributed by atoms with Crippen LogP contribution in [0.5, 0.6) is 0 Å². The van der Waals surface area contributed by atoms with Gasteiger partial charge < -0.3 is 5.32 Å². The molecule has 0 aromatic heterocycles. The van der Waals surface area contributed by atoms with Crippen molar-refractivity contribution in [2.24, 2.45) is 0 Å². The molecule has 1 N–H and O–H groups in total. The second-order valence-corrected chi connectivity index (χ2v) is 2.99. The molecule has 2 nitrogen and oxygen atoms in total. The molecule has 0 aliphatic heterocycles. The molecule has 0 bridgehead atoms. The number of benzene rings is 1.